The molecule has 1 saturated heterocycles. The minimum Gasteiger partial charge on any atom is -0.481 e. The Labute approximate surface area is 155 Å². The molecule has 1 fully saturated rings. The second-order valence-electron chi connectivity index (χ2n) is 6.86. The number of carboxylic acid groups (broad SMARTS) is 2. The lowest BCUT2D eigenvalue weighted by Gasteiger charge is -2.38. The highest BCUT2D eigenvalue weighted by Gasteiger charge is 2.43. The van der Waals surface area contributed by atoms with Crippen LogP contribution in [0.4, 0.5) is 0 Å². The van der Waals surface area contributed by atoms with Crippen LogP contribution in [0.1, 0.15) is 29.7 Å². The molecule has 7 nitrogen and oxygen atoms in total. The predicted octanol–water partition coefficient (Wildman–Crippen LogP) is 2.06. The van der Waals surface area contributed by atoms with Crippen molar-refractivity contribution in [1.82, 2.24) is 9.88 Å². The summed E-state index contributed by atoms with van der Waals surface area (Å²) in [5, 5.41) is 22.1. The summed E-state index contributed by atoms with van der Waals surface area (Å²) >= 11 is 0. The first-order valence-corrected chi connectivity index (χ1v) is 8.86. The molecule has 7 heteroatoms. The molecule has 1 aromatic heterocycles. The van der Waals surface area contributed by atoms with Gasteiger partial charge in [-0.15, -0.1) is 0 Å². The van der Waals surface area contributed by atoms with E-state index < -0.39 is 17.5 Å². The second kappa shape index (κ2) is 6.59. The Bertz CT molecular complexity index is 938. The van der Waals surface area contributed by atoms with Crippen molar-refractivity contribution in [2.45, 2.75) is 25.0 Å². The second-order valence-corrected chi connectivity index (χ2v) is 6.86. The van der Waals surface area contributed by atoms with Crippen LogP contribution in [0.15, 0.2) is 42.6 Å². The van der Waals surface area contributed by atoms with E-state index >= 15 is 0 Å². The van der Waals surface area contributed by atoms with Gasteiger partial charge < -0.3 is 24.8 Å². The molecule has 2 aliphatic rings. The van der Waals surface area contributed by atoms with E-state index in [1.807, 2.05) is 35.0 Å². The van der Waals surface area contributed by atoms with Gasteiger partial charge in [0.05, 0.1) is 17.8 Å². The molecule has 140 valence electrons. The Morgan fingerprint density at radius 2 is 1.89 bits per heavy atom. The number of hydrogen-bond donors (Lipinski definition) is 3. The molecule has 0 amide bonds. The molecule has 1 aromatic carbocycles. The SMILES string of the molecule is O=C(O)/C=C(\C(=O)O)c1ccn2c1C1(CCNCC1)Oc1ccccc1C2. The van der Waals surface area contributed by atoms with Gasteiger partial charge in [-0.2, -0.15) is 0 Å². The van der Waals surface area contributed by atoms with Crippen molar-refractivity contribution in [2.75, 3.05) is 13.1 Å². The lowest BCUT2D eigenvalue weighted by molar-refractivity contribution is -0.133. The number of piperidine rings is 1. The van der Waals surface area contributed by atoms with Gasteiger partial charge in [-0.25, -0.2) is 9.59 Å². The maximum Gasteiger partial charge on any atom is 0.336 e. The van der Waals surface area contributed by atoms with Crippen LogP contribution in [0.2, 0.25) is 0 Å². The highest BCUT2D eigenvalue weighted by atomic mass is 16.5. The van der Waals surface area contributed by atoms with Gasteiger partial charge >= 0.3 is 11.9 Å². The van der Waals surface area contributed by atoms with E-state index in [0.29, 0.717) is 24.9 Å². The minimum absolute atomic E-state index is 0.233. The molecule has 0 saturated carbocycles. The number of ether oxygens (including phenoxy) is 1. The molecule has 4 rings (SSSR count). The molecule has 3 N–H and O–H groups in total. The van der Waals surface area contributed by atoms with E-state index in [2.05, 4.69) is 5.32 Å². The van der Waals surface area contributed by atoms with Crippen LogP contribution in [0.25, 0.3) is 5.57 Å². The summed E-state index contributed by atoms with van der Waals surface area (Å²) in [4.78, 5) is 23.0. The number of nitrogens with one attached hydrogen (secondary N) is 1. The topological polar surface area (TPSA) is 101 Å². The quantitative estimate of drug-likeness (QED) is 0.717. The van der Waals surface area contributed by atoms with Crippen molar-refractivity contribution in [1.29, 1.82) is 0 Å². The van der Waals surface area contributed by atoms with Gasteiger partial charge in [-0.3, -0.25) is 0 Å². The van der Waals surface area contributed by atoms with Crippen molar-refractivity contribution in [3.63, 3.8) is 0 Å². The molecule has 0 bridgehead atoms. The Balaban J connectivity index is 1.94. The number of hydrogen-bond acceptors (Lipinski definition) is 4. The third kappa shape index (κ3) is 3.00. The summed E-state index contributed by atoms with van der Waals surface area (Å²) < 4.78 is 8.51. The van der Waals surface area contributed by atoms with E-state index in [4.69, 9.17) is 9.84 Å². The van der Waals surface area contributed by atoms with Crippen LogP contribution in [0.3, 0.4) is 0 Å². The fourth-order valence-electron chi connectivity index (χ4n) is 4.05. The number of carboxylic acids is 2. The summed E-state index contributed by atoms with van der Waals surface area (Å²) in [5.74, 6) is -1.77. The maximum absolute atomic E-state index is 11.8. The zero-order valence-corrected chi connectivity index (χ0v) is 14.6. The number of nitrogens with zero attached hydrogens (tertiary/aromatic N) is 1. The summed E-state index contributed by atoms with van der Waals surface area (Å²) in [7, 11) is 0. The number of carbonyl (C=O) groups is 2. The molecule has 27 heavy (non-hydrogen) atoms. The third-order valence-corrected chi connectivity index (χ3v) is 5.21. The van der Waals surface area contributed by atoms with Crippen LogP contribution in [0.5, 0.6) is 5.75 Å². The monoisotopic (exact) mass is 368 g/mol. The first-order chi connectivity index (χ1) is 13.0. The number of rotatable bonds is 3. The largest absolute Gasteiger partial charge is 0.481 e. The average Bonchev–Trinajstić information content (AvgIpc) is 3.00. The van der Waals surface area contributed by atoms with Gasteiger partial charge in [0.15, 0.2) is 5.60 Å². The minimum atomic E-state index is -1.29. The fourth-order valence-corrected chi connectivity index (χ4v) is 4.05. The smallest absolute Gasteiger partial charge is 0.336 e. The lowest BCUT2D eigenvalue weighted by Crippen LogP contribution is -2.45. The molecule has 1 spiro atoms. The number of benzene rings is 1. The third-order valence-electron chi connectivity index (χ3n) is 5.21. The molecule has 2 aromatic rings. The van der Waals surface area contributed by atoms with E-state index in [9.17, 15) is 14.7 Å². The van der Waals surface area contributed by atoms with Crippen LogP contribution in [-0.2, 0) is 21.7 Å². The van der Waals surface area contributed by atoms with Crippen LogP contribution >= 0.6 is 0 Å². The molecule has 0 aliphatic carbocycles. The zero-order chi connectivity index (χ0) is 19.0. The van der Waals surface area contributed by atoms with Gasteiger partial charge in [-0.05, 0) is 25.2 Å². The summed E-state index contributed by atoms with van der Waals surface area (Å²) in [6.07, 6.45) is 3.90. The molecule has 0 atom stereocenters. The Hall–Kier alpha value is -3.06. The molecular formula is C20H20N2O5. The standard InChI is InChI=1S/C20H20N2O5/c23-17(24)11-15(19(25)26)14-5-10-22-12-13-3-1-2-4-16(13)27-20(18(14)22)6-8-21-9-7-20/h1-5,10-11,21H,6-9,12H2,(H,23,24)(H,25,26)/b15-11-. The van der Waals surface area contributed by atoms with Gasteiger partial charge in [0.2, 0.25) is 0 Å². The molecule has 0 unspecified atom stereocenters. The number of para-hydroxylation sites is 1. The van der Waals surface area contributed by atoms with Gasteiger partial charge in [0.1, 0.15) is 5.75 Å². The highest BCUT2D eigenvalue weighted by Crippen LogP contribution is 2.43. The van der Waals surface area contributed by atoms with Crippen molar-refractivity contribution in [3.8, 4) is 5.75 Å². The van der Waals surface area contributed by atoms with E-state index in [1.165, 1.54) is 0 Å². The van der Waals surface area contributed by atoms with Gasteiger partial charge in [0, 0.05) is 36.2 Å². The lowest BCUT2D eigenvalue weighted by atomic mass is 9.84. The predicted molar refractivity (Wildman–Crippen MR) is 97.6 cm³/mol. The Morgan fingerprint density at radius 1 is 1.15 bits per heavy atom. The summed E-state index contributed by atoms with van der Waals surface area (Å²) in [6.45, 7) is 2.01. The number of aliphatic carboxylic acids is 2. The Kier molecular flexibility index (Phi) is 4.24. The van der Waals surface area contributed by atoms with Gasteiger partial charge in [-0.1, -0.05) is 18.2 Å². The maximum atomic E-state index is 11.8. The fraction of sp³-hybridized carbons (Fsp3) is 0.300. The van der Waals surface area contributed by atoms with Crippen molar-refractivity contribution < 1.29 is 24.5 Å². The van der Waals surface area contributed by atoms with E-state index in [1.54, 1.807) is 6.07 Å². The first kappa shape index (κ1) is 17.4. The van der Waals surface area contributed by atoms with Crippen LogP contribution in [-0.4, -0.2) is 39.8 Å². The first-order valence-electron chi connectivity index (χ1n) is 8.86. The molecule has 2 aliphatic heterocycles. The molecule has 3 heterocycles. The Morgan fingerprint density at radius 3 is 2.59 bits per heavy atom. The van der Waals surface area contributed by atoms with Crippen LogP contribution < -0.4 is 10.1 Å². The van der Waals surface area contributed by atoms with E-state index in [0.717, 1.165) is 36.2 Å². The van der Waals surface area contributed by atoms with Gasteiger partial charge in [0.25, 0.3) is 0 Å². The normalized spacial score (nSPS) is 18.1. The average molecular weight is 368 g/mol. The van der Waals surface area contributed by atoms with Crippen molar-refractivity contribution >= 4 is 17.5 Å². The summed E-state index contributed by atoms with van der Waals surface area (Å²) in [6, 6.07) is 9.46. The van der Waals surface area contributed by atoms with Crippen molar-refractivity contribution in [3.05, 3.63) is 59.4 Å². The number of aromatic nitrogens is 1. The van der Waals surface area contributed by atoms with Crippen LogP contribution in [0, 0.1) is 0 Å². The van der Waals surface area contributed by atoms with E-state index in [-0.39, 0.29) is 5.57 Å². The summed E-state index contributed by atoms with van der Waals surface area (Å²) in [5.41, 5.74) is 1.21. The molecular weight excluding hydrogens is 348 g/mol. The number of fused-ring (bicyclic) bond motifs is 3. The zero-order valence-electron chi connectivity index (χ0n) is 14.6. The van der Waals surface area contributed by atoms with Crippen molar-refractivity contribution in [2.24, 2.45) is 0 Å². The molecule has 0 radical (unpaired) electrons. The highest BCUT2D eigenvalue weighted by molar-refractivity contribution is 6.19.